The monoisotopic (exact) mass is 442 g/mol. The zero-order valence-corrected chi connectivity index (χ0v) is 17.7. The van der Waals surface area contributed by atoms with Crippen molar-refractivity contribution in [2.75, 3.05) is 18.9 Å². The van der Waals surface area contributed by atoms with E-state index in [-0.39, 0.29) is 11.8 Å². The molecular weight excluding hydrogens is 423 g/mol. The Morgan fingerprint density at radius 3 is 2.73 bits per heavy atom. The van der Waals surface area contributed by atoms with Gasteiger partial charge in [0.25, 0.3) is 5.91 Å². The number of carbonyl (C=O) groups is 1. The van der Waals surface area contributed by atoms with Crippen molar-refractivity contribution in [1.29, 1.82) is 0 Å². The van der Waals surface area contributed by atoms with Gasteiger partial charge in [-0.15, -0.1) is 4.91 Å². The van der Waals surface area contributed by atoms with Gasteiger partial charge in [-0.05, 0) is 66.4 Å². The zero-order chi connectivity index (χ0) is 21.3. The SMILES string of the molecule is CN1Cc2c(Cl)cc(Cl)cc2C(c2ccc(NC(=O)C3=CC(N=O)C=CN3)cc2)C1. The average Bonchev–Trinajstić information content (AvgIpc) is 2.74. The van der Waals surface area contributed by atoms with Gasteiger partial charge in [0.05, 0.1) is 0 Å². The van der Waals surface area contributed by atoms with Crippen molar-refractivity contribution in [3.63, 3.8) is 0 Å². The molecule has 1 amide bonds. The van der Waals surface area contributed by atoms with E-state index in [1.54, 1.807) is 12.1 Å². The molecule has 0 aliphatic carbocycles. The Kier molecular flexibility index (Phi) is 5.90. The molecule has 0 spiro atoms. The lowest BCUT2D eigenvalue weighted by Gasteiger charge is -2.33. The van der Waals surface area contributed by atoms with E-state index in [1.165, 1.54) is 12.3 Å². The molecular formula is C22H20Cl2N4O2. The molecule has 2 aliphatic rings. The summed E-state index contributed by atoms with van der Waals surface area (Å²) in [6, 6.07) is 10.8. The van der Waals surface area contributed by atoms with Crippen LogP contribution in [0.25, 0.3) is 0 Å². The first kappa shape index (κ1) is 20.6. The molecule has 2 unspecified atom stereocenters. The average molecular weight is 443 g/mol. The fourth-order valence-electron chi connectivity index (χ4n) is 3.85. The van der Waals surface area contributed by atoms with E-state index in [9.17, 15) is 9.70 Å². The fraction of sp³-hybridized carbons (Fsp3) is 0.227. The Morgan fingerprint density at radius 1 is 1.23 bits per heavy atom. The van der Waals surface area contributed by atoms with Crippen LogP contribution in [0, 0.1) is 4.91 Å². The van der Waals surface area contributed by atoms with Crippen LogP contribution < -0.4 is 10.6 Å². The second-order valence-corrected chi connectivity index (χ2v) is 8.30. The topological polar surface area (TPSA) is 73.8 Å². The zero-order valence-electron chi connectivity index (χ0n) is 16.2. The molecule has 2 N–H and O–H groups in total. The predicted molar refractivity (Wildman–Crippen MR) is 120 cm³/mol. The van der Waals surface area contributed by atoms with Crippen LogP contribution in [0.2, 0.25) is 10.0 Å². The number of benzene rings is 2. The molecule has 2 aliphatic heterocycles. The standard InChI is InChI=1S/C22H20Cl2N4O2/c1-28-11-18(17-8-14(23)9-20(24)19(17)12-28)13-2-4-15(5-3-13)26-22(29)21-10-16(27-30)6-7-25-21/h2-10,16,18,25H,11-12H2,1H3,(H,26,29). The Hall–Kier alpha value is -2.67. The molecule has 2 aromatic rings. The number of anilines is 1. The molecule has 6 nitrogen and oxygen atoms in total. The van der Waals surface area contributed by atoms with Crippen LogP contribution in [0.5, 0.6) is 0 Å². The highest BCUT2D eigenvalue weighted by atomic mass is 35.5. The Labute approximate surface area is 184 Å². The van der Waals surface area contributed by atoms with Crippen LogP contribution in [-0.2, 0) is 11.3 Å². The van der Waals surface area contributed by atoms with E-state index < -0.39 is 6.04 Å². The molecule has 8 heteroatoms. The number of nitrogens with one attached hydrogen (secondary N) is 2. The normalized spacial score (nSPS) is 20.7. The molecule has 30 heavy (non-hydrogen) atoms. The van der Waals surface area contributed by atoms with Crippen molar-refractivity contribution in [1.82, 2.24) is 10.2 Å². The second-order valence-electron chi connectivity index (χ2n) is 7.46. The lowest BCUT2D eigenvalue weighted by molar-refractivity contribution is -0.113. The minimum absolute atomic E-state index is 0.131. The lowest BCUT2D eigenvalue weighted by atomic mass is 9.84. The quantitative estimate of drug-likeness (QED) is 0.675. The van der Waals surface area contributed by atoms with Crippen LogP contribution in [0.1, 0.15) is 22.6 Å². The maximum Gasteiger partial charge on any atom is 0.271 e. The first-order valence-electron chi connectivity index (χ1n) is 9.50. The molecule has 0 bridgehead atoms. The third-order valence-electron chi connectivity index (χ3n) is 5.30. The summed E-state index contributed by atoms with van der Waals surface area (Å²) in [5.74, 6) is -0.200. The second kappa shape index (κ2) is 8.60. The molecule has 0 saturated heterocycles. The first-order valence-corrected chi connectivity index (χ1v) is 10.3. The van der Waals surface area contributed by atoms with Crippen molar-refractivity contribution >= 4 is 34.8 Å². The van der Waals surface area contributed by atoms with Crippen LogP contribution in [0.3, 0.4) is 0 Å². The van der Waals surface area contributed by atoms with Gasteiger partial charge in [-0.2, -0.15) is 0 Å². The molecule has 0 saturated carbocycles. The van der Waals surface area contributed by atoms with Crippen LogP contribution in [0.4, 0.5) is 5.69 Å². The largest absolute Gasteiger partial charge is 0.358 e. The van der Waals surface area contributed by atoms with E-state index >= 15 is 0 Å². The number of amides is 1. The highest BCUT2D eigenvalue weighted by Crippen LogP contribution is 2.38. The highest BCUT2D eigenvalue weighted by Gasteiger charge is 2.27. The summed E-state index contributed by atoms with van der Waals surface area (Å²) in [6.45, 7) is 1.63. The molecule has 2 aromatic carbocycles. The summed E-state index contributed by atoms with van der Waals surface area (Å²) >= 11 is 12.7. The van der Waals surface area contributed by atoms with Gasteiger partial charge in [-0.25, -0.2) is 0 Å². The van der Waals surface area contributed by atoms with Crippen LogP contribution in [0.15, 0.2) is 65.6 Å². The van der Waals surface area contributed by atoms with Gasteiger partial charge >= 0.3 is 0 Å². The van der Waals surface area contributed by atoms with Crippen molar-refractivity contribution in [2.24, 2.45) is 5.18 Å². The predicted octanol–water partition coefficient (Wildman–Crippen LogP) is 4.65. The van der Waals surface area contributed by atoms with Crippen molar-refractivity contribution < 1.29 is 4.79 Å². The number of dihydropyridines is 1. The number of fused-ring (bicyclic) bond motifs is 1. The van der Waals surface area contributed by atoms with Gasteiger partial charge in [0, 0.05) is 34.7 Å². The van der Waals surface area contributed by atoms with Crippen molar-refractivity contribution in [3.8, 4) is 0 Å². The smallest absolute Gasteiger partial charge is 0.271 e. The van der Waals surface area contributed by atoms with E-state index in [1.807, 2.05) is 30.3 Å². The first-order chi connectivity index (χ1) is 14.4. The van der Waals surface area contributed by atoms with E-state index in [2.05, 4.69) is 27.8 Å². The summed E-state index contributed by atoms with van der Waals surface area (Å²) in [5.41, 5.74) is 4.29. The van der Waals surface area contributed by atoms with Gasteiger partial charge in [0.15, 0.2) is 0 Å². The maximum atomic E-state index is 12.4. The van der Waals surface area contributed by atoms with Gasteiger partial charge in [0.1, 0.15) is 11.7 Å². The van der Waals surface area contributed by atoms with Gasteiger partial charge in [-0.3, -0.25) is 4.79 Å². The number of likely N-dealkylation sites (N-methyl/N-ethyl adjacent to an activating group) is 1. The number of nitrogens with zero attached hydrogens (tertiary/aromatic N) is 2. The molecule has 0 fully saturated rings. The minimum Gasteiger partial charge on any atom is -0.358 e. The van der Waals surface area contributed by atoms with Gasteiger partial charge in [-0.1, -0.05) is 40.5 Å². The molecule has 2 atom stereocenters. The van der Waals surface area contributed by atoms with Crippen molar-refractivity contribution in [2.45, 2.75) is 18.5 Å². The number of rotatable bonds is 4. The lowest BCUT2D eigenvalue weighted by Crippen LogP contribution is -2.31. The minimum atomic E-state index is -0.642. The summed E-state index contributed by atoms with van der Waals surface area (Å²) < 4.78 is 0. The van der Waals surface area contributed by atoms with E-state index in [4.69, 9.17) is 23.2 Å². The number of carbonyl (C=O) groups excluding carboxylic acids is 1. The molecule has 2 heterocycles. The Bertz CT molecular complexity index is 1050. The van der Waals surface area contributed by atoms with Crippen LogP contribution >= 0.6 is 23.2 Å². The maximum absolute atomic E-state index is 12.4. The van der Waals surface area contributed by atoms with Gasteiger partial charge in [0.2, 0.25) is 0 Å². The van der Waals surface area contributed by atoms with Crippen molar-refractivity contribution in [3.05, 3.63) is 92.1 Å². The number of hydrogen-bond donors (Lipinski definition) is 2. The summed E-state index contributed by atoms with van der Waals surface area (Å²) in [4.78, 5) is 25.4. The summed E-state index contributed by atoms with van der Waals surface area (Å²) in [7, 11) is 2.07. The molecule has 0 aromatic heterocycles. The fourth-order valence-corrected chi connectivity index (χ4v) is 4.41. The third-order valence-corrected chi connectivity index (χ3v) is 5.85. The number of hydrogen-bond acceptors (Lipinski definition) is 5. The molecule has 154 valence electrons. The van der Waals surface area contributed by atoms with Crippen LogP contribution in [-0.4, -0.2) is 30.4 Å². The number of halogens is 2. The van der Waals surface area contributed by atoms with E-state index in [0.29, 0.717) is 21.4 Å². The molecule has 0 radical (unpaired) electrons. The van der Waals surface area contributed by atoms with E-state index in [0.717, 1.165) is 29.8 Å². The third kappa shape index (κ3) is 4.26. The Balaban J connectivity index is 1.54. The molecule has 4 rings (SSSR count). The number of nitroso groups, excluding NO2 is 1. The summed E-state index contributed by atoms with van der Waals surface area (Å²) in [6.07, 6.45) is 4.60. The Morgan fingerprint density at radius 2 is 2.00 bits per heavy atom. The van der Waals surface area contributed by atoms with Gasteiger partial charge < -0.3 is 15.5 Å². The summed E-state index contributed by atoms with van der Waals surface area (Å²) in [5, 5.41) is 9.91. The highest BCUT2D eigenvalue weighted by molar-refractivity contribution is 6.35.